The highest BCUT2D eigenvalue weighted by atomic mass is 28.4. The summed E-state index contributed by atoms with van der Waals surface area (Å²) >= 11 is 0. The Morgan fingerprint density at radius 1 is 0.947 bits per heavy atom. The number of benzene rings is 1. The van der Waals surface area contributed by atoms with Crippen molar-refractivity contribution >= 4 is 8.56 Å². The lowest BCUT2D eigenvalue weighted by Crippen LogP contribution is -2.38. The van der Waals surface area contributed by atoms with E-state index in [0.29, 0.717) is 0 Å². The maximum Gasteiger partial charge on any atom is 0.392 e. The molecule has 1 aromatic rings. The second-order valence-electron chi connectivity index (χ2n) is 5.09. The van der Waals surface area contributed by atoms with Gasteiger partial charge in [-0.3, -0.25) is 0 Å². The molecule has 0 saturated heterocycles. The second-order valence-corrected chi connectivity index (χ2v) is 8.38. The molecule has 0 heterocycles. The molecule has 0 aromatic heterocycles. The summed E-state index contributed by atoms with van der Waals surface area (Å²) in [5.74, 6) is 1.69. The molecule has 3 nitrogen and oxygen atoms in total. The number of unbranched alkanes of at least 4 members (excludes halogenated alkanes) is 3. The van der Waals surface area contributed by atoms with Crippen molar-refractivity contribution in [3.8, 4) is 11.5 Å². The number of ether oxygens (including phenoxy) is 1. The smallest absolute Gasteiger partial charge is 0.392 e. The Bertz CT molecular complexity index is 349. The van der Waals surface area contributed by atoms with Crippen molar-refractivity contribution in [2.75, 3.05) is 13.7 Å². The number of methoxy groups -OCH3 is 1. The zero-order valence-electron chi connectivity index (χ0n) is 12.6. The molecule has 0 fully saturated rings. The van der Waals surface area contributed by atoms with Gasteiger partial charge in [0.1, 0.15) is 11.5 Å². The van der Waals surface area contributed by atoms with Crippen molar-refractivity contribution in [3.63, 3.8) is 0 Å². The third-order valence-corrected chi connectivity index (χ3v) is 4.50. The Morgan fingerprint density at radius 3 is 2.16 bits per heavy atom. The fourth-order valence-electron chi connectivity index (χ4n) is 1.80. The fraction of sp³-hybridized carbons (Fsp3) is 0.600. The van der Waals surface area contributed by atoms with Gasteiger partial charge >= 0.3 is 8.56 Å². The van der Waals surface area contributed by atoms with Crippen molar-refractivity contribution < 1.29 is 13.6 Å². The first kappa shape index (κ1) is 16.1. The summed E-state index contributed by atoms with van der Waals surface area (Å²) < 4.78 is 17.0. The minimum absolute atomic E-state index is 0.801. The lowest BCUT2D eigenvalue weighted by Gasteiger charge is -2.24. The first-order valence-electron chi connectivity index (χ1n) is 7.04. The molecule has 19 heavy (non-hydrogen) atoms. The van der Waals surface area contributed by atoms with Gasteiger partial charge < -0.3 is 13.6 Å². The van der Waals surface area contributed by atoms with Gasteiger partial charge in [-0.25, -0.2) is 0 Å². The quantitative estimate of drug-likeness (QED) is 0.497. The van der Waals surface area contributed by atoms with Gasteiger partial charge in [0.2, 0.25) is 0 Å². The SMILES string of the molecule is CCCCCCO[Si](C)(C)Oc1ccc(OC)cc1. The minimum atomic E-state index is -2.07. The maximum atomic E-state index is 5.97. The van der Waals surface area contributed by atoms with E-state index < -0.39 is 8.56 Å². The highest BCUT2D eigenvalue weighted by Gasteiger charge is 2.26. The molecular formula is C15H26O3Si. The predicted molar refractivity (Wildman–Crippen MR) is 81.2 cm³/mol. The van der Waals surface area contributed by atoms with Gasteiger partial charge in [-0.2, -0.15) is 0 Å². The molecule has 0 spiro atoms. The molecule has 0 unspecified atom stereocenters. The first-order valence-corrected chi connectivity index (χ1v) is 9.86. The zero-order chi connectivity index (χ0) is 14.1. The summed E-state index contributed by atoms with van der Waals surface area (Å²) in [7, 11) is -0.412. The third-order valence-electron chi connectivity index (χ3n) is 2.87. The van der Waals surface area contributed by atoms with Crippen molar-refractivity contribution in [1.29, 1.82) is 0 Å². The van der Waals surface area contributed by atoms with E-state index in [4.69, 9.17) is 13.6 Å². The predicted octanol–water partition coefficient (Wildman–Crippen LogP) is 4.37. The normalized spacial score (nSPS) is 11.4. The van der Waals surface area contributed by atoms with Crippen LogP contribution in [-0.4, -0.2) is 22.3 Å². The van der Waals surface area contributed by atoms with E-state index in [0.717, 1.165) is 24.5 Å². The van der Waals surface area contributed by atoms with Gasteiger partial charge in [0.05, 0.1) is 7.11 Å². The zero-order valence-corrected chi connectivity index (χ0v) is 13.6. The standard InChI is InChI=1S/C15H26O3Si/c1-5-6-7-8-13-17-19(3,4)18-15-11-9-14(16-2)10-12-15/h9-12H,5-8,13H2,1-4H3. The molecular weight excluding hydrogens is 256 g/mol. The maximum absolute atomic E-state index is 5.97. The molecule has 4 heteroatoms. The lowest BCUT2D eigenvalue weighted by atomic mass is 10.2. The van der Waals surface area contributed by atoms with Crippen LogP contribution >= 0.6 is 0 Å². The summed E-state index contributed by atoms with van der Waals surface area (Å²) in [5, 5.41) is 0. The molecule has 1 aromatic carbocycles. The molecule has 0 radical (unpaired) electrons. The summed E-state index contributed by atoms with van der Waals surface area (Å²) in [6, 6.07) is 7.66. The van der Waals surface area contributed by atoms with E-state index in [2.05, 4.69) is 20.0 Å². The van der Waals surface area contributed by atoms with Crippen molar-refractivity contribution in [1.82, 2.24) is 0 Å². The van der Waals surface area contributed by atoms with Crippen LogP contribution in [0.25, 0.3) is 0 Å². The summed E-state index contributed by atoms with van der Waals surface area (Å²) in [5.41, 5.74) is 0. The molecule has 0 N–H and O–H groups in total. The van der Waals surface area contributed by atoms with E-state index in [1.807, 2.05) is 24.3 Å². The topological polar surface area (TPSA) is 27.7 Å². The van der Waals surface area contributed by atoms with Crippen LogP contribution < -0.4 is 9.16 Å². The third kappa shape index (κ3) is 6.64. The number of hydrogen-bond donors (Lipinski definition) is 0. The van der Waals surface area contributed by atoms with Crippen LogP contribution in [0.15, 0.2) is 24.3 Å². The summed E-state index contributed by atoms with van der Waals surface area (Å²) in [6.07, 6.45) is 4.90. The van der Waals surface area contributed by atoms with E-state index in [-0.39, 0.29) is 0 Å². The Labute approximate surface area is 118 Å². The van der Waals surface area contributed by atoms with E-state index in [1.54, 1.807) is 7.11 Å². The van der Waals surface area contributed by atoms with Gasteiger partial charge in [0.25, 0.3) is 0 Å². The largest absolute Gasteiger partial charge is 0.520 e. The molecule has 0 amide bonds. The Hall–Kier alpha value is -1.00. The minimum Gasteiger partial charge on any atom is -0.520 e. The first-order chi connectivity index (χ1) is 9.07. The Balaban J connectivity index is 2.35. The molecule has 0 atom stereocenters. The molecule has 0 aliphatic rings. The van der Waals surface area contributed by atoms with Crippen LogP contribution in [0, 0.1) is 0 Å². The highest BCUT2D eigenvalue weighted by Crippen LogP contribution is 2.21. The second kappa shape index (κ2) is 8.22. The Morgan fingerprint density at radius 2 is 1.58 bits per heavy atom. The van der Waals surface area contributed by atoms with Crippen LogP contribution in [0.4, 0.5) is 0 Å². The van der Waals surface area contributed by atoms with Gasteiger partial charge in [-0.15, -0.1) is 0 Å². The average molecular weight is 282 g/mol. The van der Waals surface area contributed by atoms with Crippen molar-refractivity contribution in [2.24, 2.45) is 0 Å². The molecule has 0 aliphatic carbocycles. The number of hydrogen-bond acceptors (Lipinski definition) is 3. The molecule has 108 valence electrons. The fourth-order valence-corrected chi connectivity index (χ4v) is 3.20. The van der Waals surface area contributed by atoms with Gasteiger partial charge in [-0.05, 0) is 43.8 Å². The van der Waals surface area contributed by atoms with Crippen LogP contribution in [0.3, 0.4) is 0 Å². The van der Waals surface area contributed by atoms with Crippen molar-refractivity contribution in [2.45, 2.75) is 45.7 Å². The molecule has 1 rings (SSSR count). The molecule has 0 bridgehead atoms. The summed E-state index contributed by atoms with van der Waals surface area (Å²) in [6.45, 7) is 7.18. The van der Waals surface area contributed by atoms with Crippen LogP contribution in [0.2, 0.25) is 13.1 Å². The van der Waals surface area contributed by atoms with E-state index in [9.17, 15) is 0 Å². The average Bonchev–Trinajstić information content (AvgIpc) is 2.39. The van der Waals surface area contributed by atoms with E-state index >= 15 is 0 Å². The molecule has 0 saturated carbocycles. The van der Waals surface area contributed by atoms with Crippen LogP contribution in [-0.2, 0) is 4.43 Å². The van der Waals surface area contributed by atoms with E-state index in [1.165, 1.54) is 19.3 Å². The number of rotatable bonds is 9. The molecule has 0 aliphatic heterocycles. The monoisotopic (exact) mass is 282 g/mol. The lowest BCUT2D eigenvalue weighted by molar-refractivity contribution is 0.241. The Kier molecular flexibility index (Phi) is 6.95. The highest BCUT2D eigenvalue weighted by molar-refractivity contribution is 6.65. The van der Waals surface area contributed by atoms with Crippen LogP contribution in [0.1, 0.15) is 32.6 Å². The van der Waals surface area contributed by atoms with Gasteiger partial charge in [0.15, 0.2) is 0 Å². The van der Waals surface area contributed by atoms with Gasteiger partial charge in [-0.1, -0.05) is 26.2 Å². The van der Waals surface area contributed by atoms with Gasteiger partial charge in [0, 0.05) is 6.61 Å². The summed E-state index contributed by atoms with van der Waals surface area (Å²) in [4.78, 5) is 0. The van der Waals surface area contributed by atoms with Crippen LogP contribution in [0.5, 0.6) is 11.5 Å². The van der Waals surface area contributed by atoms with Crippen molar-refractivity contribution in [3.05, 3.63) is 24.3 Å².